The Hall–Kier alpha value is -3.99. The smallest absolute Gasteiger partial charge is 0.415 e. The fraction of sp³-hybridized carbons (Fsp3) is 0.333. The minimum absolute atomic E-state index is 0.0235. The van der Waals surface area contributed by atoms with Crippen LogP contribution in [0, 0.1) is 0 Å². The molecule has 1 saturated carbocycles. The second kappa shape index (κ2) is 9.71. The fourth-order valence-corrected chi connectivity index (χ4v) is 4.78. The average Bonchev–Trinajstić information content (AvgIpc) is 3.18. The minimum Gasteiger partial charge on any atom is -0.443 e. The van der Waals surface area contributed by atoms with Crippen LogP contribution in [0.4, 0.5) is 16.4 Å². The number of benzene rings is 1. The number of nitrogens with one attached hydrogen (secondary N) is 1. The molecule has 0 bridgehead atoms. The number of carbonyl (C=O) groups excluding carboxylic acids is 1. The highest BCUT2D eigenvalue weighted by molar-refractivity contribution is 7.91. The van der Waals surface area contributed by atoms with Crippen molar-refractivity contribution >= 4 is 38.8 Å². The van der Waals surface area contributed by atoms with Crippen LogP contribution in [0.1, 0.15) is 40.0 Å². The zero-order valence-corrected chi connectivity index (χ0v) is 22.6. The van der Waals surface area contributed by atoms with E-state index in [1.807, 2.05) is 73.9 Å². The topological polar surface area (TPSA) is 119 Å². The van der Waals surface area contributed by atoms with Crippen molar-refractivity contribution in [3.05, 3.63) is 60.9 Å². The van der Waals surface area contributed by atoms with Crippen LogP contribution < -0.4 is 9.62 Å². The molecule has 0 saturated heterocycles. The lowest BCUT2D eigenvalue weighted by Gasteiger charge is -2.38. The second-order valence-electron chi connectivity index (χ2n) is 10.4. The van der Waals surface area contributed by atoms with Crippen LogP contribution in [0.5, 0.6) is 0 Å². The maximum Gasteiger partial charge on any atom is 0.415 e. The lowest BCUT2D eigenvalue weighted by molar-refractivity contribution is 0.0549. The summed E-state index contributed by atoms with van der Waals surface area (Å²) in [6.45, 7) is 5.58. The third-order valence-electron chi connectivity index (χ3n) is 6.16. The number of amides is 1. The van der Waals surface area contributed by atoms with Crippen molar-refractivity contribution in [2.75, 3.05) is 15.9 Å². The summed E-state index contributed by atoms with van der Waals surface area (Å²) >= 11 is 0. The first kappa shape index (κ1) is 25.7. The van der Waals surface area contributed by atoms with E-state index in [2.05, 4.69) is 19.7 Å². The summed E-state index contributed by atoms with van der Waals surface area (Å²) in [5, 5.41) is 0.721. The van der Waals surface area contributed by atoms with Gasteiger partial charge in [-0.05, 0) is 82.5 Å². The maximum atomic E-state index is 13.1. The molecule has 4 aromatic rings. The van der Waals surface area contributed by atoms with E-state index in [9.17, 15) is 13.2 Å². The van der Waals surface area contributed by atoms with Crippen LogP contribution in [0.2, 0.25) is 0 Å². The highest BCUT2D eigenvalue weighted by atomic mass is 32.2. The zero-order valence-electron chi connectivity index (χ0n) is 21.7. The molecule has 1 amide bonds. The lowest BCUT2D eigenvalue weighted by atomic mass is 9.91. The van der Waals surface area contributed by atoms with Gasteiger partial charge in [0.1, 0.15) is 5.60 Å². The monoisotopic (exact) mass is 534 g/mol. The molecule has 10 nitrogen and oxygen atoms in total. The number of hydrogen-bond donors (Lipinski definition) is 1. The van der Waals surface area contributed by atoms with E-state index in [0.717, 1.165) is 53.7 Å². The first-order valence-electron chi connectivity index (χ1n) is 12.4. The zero-order chi connectivity index (χ0) is 27.1. The molecule has 11 heteroatoms. The number of anilines is 2. The number of aromatic nitrogens is 4. The van der Waals surface area contributed by atoms with E-state index in [0.29, 0.717) is 5.65 Å². The van der Waals surface area contributed by atoms with Gasteiger partial charge in [-0.25, -0.2) is 18.2 Å². The highest BCUT2D eigenvalue weighted by Crippen LogP contribution is 2.34. The number of ether oxygens (including phenoxy) is 1. The van der Waals surface area contributed by atoms with Gasteiger partial charge in [0.2, 0.25) is 16.0 Å². The van der Waals surface area contributed by atoms with E-state index < -0.39 is 15.6 Å². The molecule has 0 atom stereocenters. The summed E-state index contributed by atoms with van der Waals surface area (Å²) in [6.07, 6.45) is 6.92. The van der Waals surface area contributed by atoms with E-state index in [1.54, 1.807) is 17.3 Å². The van der Waals surface area contributed by atoms with Gasteiger partial charge in [0, 0.05) is 35.2 Å². The second-order valence-corrected chi connectivity index (χ2v) is 12.1. The van der Waals surface area contributed by atoms with Crippen molar-refractivity contribution in [1.82, 2.24) is 19.5 Å². The van der Waals surface area contributed by atoms with Crippen molar-refractivity contribution in [1.29, 1.82) is 0 Å². The number of sulfonamides is 1. The molecule has 0 spiro atoms. The SMILES string of the molecule is CC(C)(C)OC(=O)N(c1ccc(-n2c(-c3ccccn3)cc3cnc(NS(C)(=O)=O)nc32)cc1)C1CCC1. The molecule has 0 unspecified atom stereocenters. The first-order valence-corrected chi connectivity index (χ1v) is 14.3. The van der Waals surface area contributed by atoms with Crippen LogP contribution in [0.3, 0.4) is 0 Å². The van der Waals surface area contributed by atoms with E-state index >= 15 is 0 Å². The Morgan fingerprint density at radius 3 is 2.42 bits per heavy atom. The van der Waals surface area contributed by atoms with Crippen LogP contribution in [-0.2, 0) is 14.8 Å². The summed E-state index contributed by atoms with van der Waals surface area (Å²) in [5.74, 6) is -0.0235. The molecule has 3 aromatic heterocycles. The Bertz CT molecular complexity index is 1570. The standard InChI is InChI=1S/C27H30N6O4S/c1-27(2,3)37-26(34)32(19-8-7-9-19)20-11-13-21(14-12-20)33-23(22-10-5-6-15-28-22)16-18-17-29-25(30-24(18)33)31-38(4,35)36/h5-6,10-17,19H,7-9H2,1-4H3,(H,29,30,31). The van der Waals surface area contributed by atoms with E-state index in [4.69, 9.17) is 4.74 Å². The Kier molecular flexibility index (Phi) is 6.56. The molecule has 198 valence electrons. The third-order valence-corrected chi connectivity index (χ3v) is 6.71. The molecule has 1 N–H and O–H groups in total. The van der Waals surface area contributed by atoms with Crippen LogP contribution in [-0.4, -0.2) is 51.9 Å². The van der Waals surface area contributed by atoms with Gasteiger partial charge < -0.3 is 4.74 Å². The molecule has 3 heterocycles. The van der Waals surface area contributed by atoms with Gasteiger partial charge in [-0.2, -0.15) is 4.98 Å². The fourth-order valence-electron chi connectivity index (χ4n) is 4.35. The summed E-state index contributed by atoms with van der Waals surface area (Å²) in [4.78, 5) is 28.0. The number of hydrogen-bond acceptors (Lipinski definition) is 7. The molecular weight excluding hydrogens is 504 g/mol. The minimum atomic E-state index is -3.56. The van der Waals surface area contributed by atoms with Gasteiger partial charge >= 0.3 is 6.09 Å². The Balaban J connectivity index is 1.60. The predicted octanol–water partition coefficient (Wildman–Crippen LogP) is 5.15. The lowest BCUT2D eigenvalue weighted by Crippen LogP contribution is -2.46. The van der Waals surface area contributed by atoms with Gasteiger partial charge in [0.05, 0.1) is 17.6 Å². The third kappa shape index (κ3) is 5.47. The number of fused-ring (bicyclic) bond motifs is 1. The molecule has 1 aliphatic carbocycles. The van der Waals surface area contributed by atoms with Crippen molar-refractivity contribution < 1.29 is 17.9 Å². The summed E-state index contributed by atoms with van der Waals surface area (Å²) in [6, 6.07) is 15.2. The molecule has 1 fully saturated rings. The molecular formula is C27H30N6O4S. The Labute approximate surface area is 221 Å². The summed E-state index contributed by atoms with van der Waals surface area (Å²) in [5.41, 5.74) is 2.92. The van der Waals surface area contributed by atoms with Crippen LogP contribution >= 0.6 is 0 Å². The number of pyridine rings is 1. The Morgan fingerprint density at radius 2 is 1.84 bits per heavy atom. The van der Waals surface area contributed by atoms with Gasteiger partial charge in [0.25, 0.3) is 0 Å². The van der Waals surface area contributed by atoms with Crippen molar-refractivity contribution in [3.63, 3.8) is 0 Å². The predicted molar refractivity (Wildman–Crippen MR) is 147 cm³/mol. The average molecular weight is 535 g/mol. The van der Waals surface area contributed by atoms with Crippen molar-refractivity contribution in [3.8, 4) is 17.1 Å². The summed E-state index contributed by atoms with van der Waals surface area (Å²) < 4.78 is 33.5. The number of rotatable bonds is 6. The van der Waals surface area contributed by atoms with Gasteiger partial charge in [0.15, 0.2) is 5.65 Å². The highest BCUT2D eigenvalue weighted by Gasteiger charge is 2.33. The molecule has 38 heavy (non-hydrogen) atoms. The van der Waals surface area contributed by atoms with Crippen molar-refractivity contribution in [2.24, 2.45) is 0 Å². The van der Waals surface area contributed by atoms with Crippen molar-refractivity contribution in [2.45, 2.75) is 51.7 Å². The summed E-state index contributed by atoms with van der Waals surface area (Å²) in [7, 11) is -3.56. The van der Waals surface area contributed by atoms with Gasteiger partial charge in [-0.1, -0.05) is 6.07 Å². The molecule has 0 aliphatic heterocycles. The van der Waals surface area contributed by atoms with Crippen LogP contribution in [0.15, 0.2) is 60.9 Å². The first-order chi connectivity index (χ1) is 18.0. The molecule has 0 radical (unpaired) electrons. The molecule has 1 aromatic carbocycles. The van der Waals surface area contributed by atoms with Crippen LogP contribution in [0.25, 0.3) is 28.1 Å². The quantitative estimate of drug-likeness (QED) is 0.363. The largest absolute Gasteiger partial charge is 0.443 e. The molecule has 1 aliphatic rings. The van der Waals surface area contributed by atoms with Gasteiger partial charge in [-0.3, -0.25) is 19.2 Å². The molecule has 5 rings (SSSR count). The Morgan fingerprint density at radius 1 is 1.11 bits per heavy atom. The number of nitrogens with zero attached hydrogens (tertiary/aromatic N) is 5. The maximum absolute atomic E-state index is 13.1. The van der Waals surface area contributed by atoms with E-state index in [-0.39, 0.29) is 18.1 Å². The number of carbonyl (C=O) groups is 1. The normalized spacial score (nSPS) is 14.2. The van der Waals surface area contributed by atoms with E-state index in [1.165, 1.54) is 0 Å². The van der Waals surface area contributed by atoms with Gasteiger partial charge in [-0.15, -0.1) is 0 Å².